The lowest BCUT2D eigenvalue weighted by Gasteiger charge is -2.42. The van der Waals surface area contributed by atoms with E-state index in [0.29, 0.717) is 12.1 Å². The number of fused-ring (bicyclic) bond motifs is 1. The van der Waals surface area contributed by atoms with Crippen molar-refractivity contribution in [3.8, 4) is 0 Å². The van der Waals surface area contributed by atoms with Crippen molar-refractivity contribution in [3.05, 3.63) is 20.8 Å². The molecule has 2 saturated heterocycles. The van der Waals surface area contributed by atoms with Crippen molar-refractivity contribution < 1.29 is 5.11 Å². The molecule has 3 atom stereocenters. The summed E-state index contributed by atoms with van der Waals surface area (Å²) in [6.07, 6.45) is 0.829. The Morgan fingerprint density at radius 3 is 3.00 bits per heavy atom. The van der Waals surface area contributed by atoms with Crippen LogP contribution in [0.2, 0.25) is 0 Å². The van der Waals surface area contributed by atoms with E-state index in [4.69, 9.17) is 0 Å². The Kier molecular flexibility index (Phi) is 3.78. The quantitative estimate of drug-likeness (QED) is 0.900. The van der Waals surface area contributed by atoms with Crippen LogP contribution < -0.4 is 0 Å². The molecule has 1 aromatic rings. The highest BCUT2D eigenvalue weighted by Crippen LogP contribution is 2.28. The highest BCUT2D eigenvalue weighted by atomic mass is 79.9. The SMILES string of the molecule is C[C@H]1CN2C[C@H](O)C[C@@H]2CN1Cc1cc(Br)cs1. The number of nitrogens with zero attached hydrogens (tertiary/aromatic N) is 2. The predicted octanol–water partition coefficient (Wildman–Crippen LogP) is 2.15. The van der Waals surface area contributed by atoms with Crippen molar-refractivity contribution in [2.24, 2.45) is 0 Å². The summed E-state index contributed by atoms with van der Waals surface area (Å²) in [6.45, 7) is 6.39. The smallest absolute Gasteiger partial charge is 0.0682 e. The van der Waals surface area contributed by atoms with E-state index in [2.05, 4.69) is 44.1 Å². The van der Waals surface area contributed by atoms with E-state index in [1.807, 2.05) is 11.3 Å². The van der Waals surface area contributed by atoms with Crippen molar-refractivity contribution in [2.45, 2.75) is 38.1 Å². The van der Waals surface area contributed by atoms with E-state index in [9.17, 15) is 5.11 Å². The first-order valence-corrected chi connectivity index (χ1v) is 8.18. The fraction of sp³-hybridized carbons (Fsp3) is 0.692. The normalized spacial score (nSPS) is 33.8. The van der Waals surface area contributed by atoms with Gasteiger partial charge >= 0.3 is 0 Å². The number of piperazine rings is 1. The Balaban J connectivity index is 1.66. The van der Waals surface area contributed by atoms with E-state index in [-0.39, 0.29) is 6.10 Å². The van der Waals surface area contributed by atoms with Gasteiger partial charge in [-0.25, -0.2) is 0 Å². The maximum Gasteiger partial charge on any atom is 0.0682 e. The zero-order chi connectivity index (χ0) is 12.7. The van der Waals surface area contributed by atoms with Crippen LogP contribution in [0.3, 0.4) is 0 Å². The molecule has 2 aliphatic rings. The van der Waals surface area contributed by atoms with Gasteiger partial charge in [-0.2, -0.15) is 0 Å². The van der Waals surface area contributed by atoms with Gasteiger partial charge < -0.3 is 5.11 Å². The van der Waals surface area contributed by atoms with Gasteiger partial charge in [-0.05, 0) is 35.3 Å². The van der Waals surface area contributed by atoms with Crippen LogP contribution in [-0.4, -0.2) is 52.7 Å². The molecule has 2 fully saturated rings. The van der Waals surface area contributed by atoms with Gasteiger partial charge in [-0.3, -0.25) is 9.80 Å². The molecule has 3 rings (SSSR count). The van der Waals surface area contributed by atoms with Gasteiger partial charge in [0.05, 0.1) is 6.10 Å². The molecule has 0 unspecified atom stereocenters. The second-order valence-electron chi connectivity index (χ2n) is 5.51. The standard InChI is InChI=1S/C13H19BrN2OS/c1-9-4-16-6-12(17)3-11(16)5-15(9)7-13-2-10(14)8-18-13/h2,8-9,11-12,17H,3-7H2,1H3/t9-,11+,12+/m0/s1. The topological polar surface area (TPSA) is 26.7 Å². The van der Waals surface area contributed by atoms with Crippen LogP contribution in [0.1, 0.15) is 18.2 Å². The lowest BCUT2D eigenvalue weighted by atomic mass is 10.1. The van der Waals surface area contributed by atoms with Gasteiger partial charge in [0.25, 0.3) is 0 Å². The molecule has 0 saturated carbocycles. The predicted molar refractivity (Wildman–Crippen MR) is 77.9 cm³/mol. The van der Waals surface area contributed by atoms with Crippen molar-refractivity contribution in [1.29, 1.82) is 0 Å². The third kappa shape index (κ3) is 2.65. The largest absolute Gasteiger partial charge is 0.392 e. The molecule has 2 aliphatic heterocycles. The Labute approximate surface area is 121 Å². The van der Waals surface area contributed by atoms with E-state index >= 15 is 0 Å². The second kappa shape index (κ2) is 5.21. The Hall–Kier alpha value is 0.0600. The highest BCUT2D eigenvalue weighted by molar-refractivity contribution is 9.10. The number of aliphatic hydroxyl groups is 1. The molecule has 1 aromatic heterocycles. The maximum atomic E-state index is 9.76. The van der Waals surface area contributed by atoms with Crippen LogP contribution in [0.5, 0.6) is 0 Å². The maximum absolute atomic E-state index is 9.76. The minimum absolute atomic E-state index is 0.113. The van der Waals surface area contributed by atoms with Crippen molar-refractivity contribution in [3.63, 3.8) is 0 Å². The summed E-state index contributed by atoms with van der Waals surface area (Å²) >= 11 is 5.34. The van der Waals surface area contributed by atoms with Gasteiger partial charge in [0.1, 0.15) is 0 Å². The molecule has 0 bridgehead atoms. The first-order valence-electron chi connectivity index (χ1n) is 6.51. The molecule has 0 aliphatic carbocycles. The molecule has 3 heterocycles. The molecule has 1 N–H and O–H groups in total. The summed E-state index contributed by atoms with van der Waals surface area (Å²) in [6, 6.07) is 3.35. The lowest BCUT2D eigenvalue weighted by Crippen LogP contribution is -2.54. The summed E-state index contributed by atoms with van der Waals surface area (Å²) in [5.74, 6) is 0. The third-order valence-corrected chi connectivity index (χ3v) is 5.74. The lowest BCUT2D eigenvalue weighted by molar-refractivity contribution is 0.0535. The van der Waals surface area contributed by atoms with E-state index in [0.717, 1.165) is 32.6 Å². The first kappa shape index (κ1) is 13.1. The zero-order valence-electron chi connectivity index (χ0n) is 10.6. The third-order valence-electron chi connectivity index (χ3n) is 4.05. The van der Waals surface area contributed by atoms with E-state index in [1.165, 1.54) is 9.35 Å². The van der Waals surface area contributed by atoms with Gasteiger partial charge in [0, 0.05) is 53.0 Å². The van der Waals surface area contributed by atoms with Crippen LogP contribution in [0.25, 0.3) is 0 Å². The van der Waals surface area contributed by atoms with Gasteiger partial charge in [0.2, 0.25) is 0 Å². The first-order chi connectivity index (χ1) is 8.61. The summed E-state index contributed by atoms with van der Waals surface area (Å²) in [7, 11) is 0. The number of aliphatic hydroxyl groups excluding tert-OH is 1. The Bertz CT molecular complexity index is 425. The van der Waals surface area contributed by atoms with E-state index in [1.54, 1.807) is 0 Å². The number of halogens is 1. The fourth-order valence-electron chi connectivity index (χ4n) is 3.13. The summed E-state index contributed by atoms with van der Waals surface area (Å²) in [5, 5.41) is 11.9. The number of hydrogen-bond acceptors (Lipinski definition) is 4. The van der Waals surface area contributed by atoms with Crippen LogP contribution in [0.4, 0.5) is 0 Å². The van der Waals surface area contributed by atoms with Crippen LogP contribution in [0, 0.1) is 0 Å². The number of rotatable bonds is 2. The monoisotopic (exact) mass is 330 g/mol. The van der Waals surface area contributed by atoms with Gasteiger partial charge in [0.15, 0.2) is 0 Å². The minimum atomic E-state index is -0.113. The van der Waals surface area contributed by atoms with E-state index < -0.39 is 0 Å². The van der Waals surface area contributed by atoms with Crippen LogP contribution >= 0.6 is 27.3 Å². The second-order valence-corrected chi connectivity index (χ2v) is 7.42. The molecule has 0 aromatic carbocycles. The highest BCUT2D eigenvalue weighted by Gasteiger charge is 2.37. The molecule has 0 amide bonds. The molecule has 18 heavy (non-hydrogen) atoms. The van der Waals surface area contributed by atoms with Crippen molar-refractivity contribution in [2.75, 3.05) is 19.6 Å². The van der Waals surface area contributed by atoms with Gasteiger partial charge in [-0.15, -0.1) is 11.3 Å². The zero-order valence-corrected chi connectivity index (χ0v) is 13.0. The fourth-order valence-corrected chi connectivity index (χ4v) is 4.61. The van der Waals surface area contributed by atoms with Crippen molar-refractivity contribution in [1.82, 2.24) is 9.80 Å². The molecule has 5 heteroatoms. The Morgan fingerprint density at radius 2 is 2.28 bits per heavy atom. The van der Waals surface area contributed by atoms with Gasteiger partial charge in [-0.1, -0.05) is 0 Å². The number of hydrogen-bond donors (Lipinski definition) is 1. The molecule has 100 valence electrons. The molecule has 0 spiro atoms. The molecular weight excluding hydrogens is 312 g/mol. The molecular formula is C13H19BrN2OS. The summed E-state index contributed by atoms with van der Waals surface area (Å²) < 4.78 is 1.19. The molecule has 0 radical (unpaired) electrons. The average molecular weight is 331 g/mol. The summed E-state index contributed by atoms with van der Waals surface area (Å²) in [4.78, 5) is 6.42. The minimum Gasteiger partial charge on any atom is -0.392 e. The number of thiophene rings is 1. The van der Waals surface area contributed by atoms with Crippen LogP contribution in [0.15, 0.2) is 15.9 Å². The Morgan fingerprint density at radius 1 is 1.44 bits per heavy atom. The average Bonchev–Trinajstić information content (AvgIpc) is 2.85. The van der Waals surface area contributed by atoms with Crippen LogP contribution in [-0.2, 0) is 6.54 Å². The molecule has 3 nitrogen and oxygen atoms in total. The van der Waals surface area contributed by atoms with Crippen molar-refractivity contribution >= 4 is 27.3 Å². The summed E-state index contributed by atoms with van der Waals surface area (Å²) in [5.41, 5.74) is 0.